The lowest BCUT2D eigenvalue weighted by Crippen LogP contribution is -2.34. The smallest absolute Gasteiger partial charge is 0.310 e. The van der Waals surface area contributed by atoms with E-state index in [9.17, 15) is 9.59 Å². The molecule has 0 spiro atoms. The molecule has 4 nitrogen and oxygen atoms in total. The van der Waals surface area contributed by atoms with E-state index >= 15 is 0 Å². The van der Waals surface area contributed by atoms with Crippen LogP contribution in [0.2, 0.25) is 0 Å². The van der Waals surface area contributed by atoms with Gasteiger partial charge in [-0.05, 0) is 32.1 Å². The van der Waals surface area contributed by atoms with Crippen molar-refractivity contribution >= 4 is 11.9 Å². The third kappa shape index (κ3) is 5.82. The van der Waals surface area contributed by atoms with Crippen LogP contribution in [0.5, 0.6) is 0 Å². The second-order valence-corrected chi connectivity index (χ2v) is 5.95. The fourth-order valence-corrected chi connectivity index (χ4v) is 2.79. The van der Waals surface area contributed by atoms with Crippen LogP contribution in [0.4, 0.5) is 0 Å². The quantitative estimate of drug-likeness (QED) is 0.479. The van der Waals surface area contributed by atoms with E-state index < -0.39 is 11.8 Å². The molecule has 0 amide bonds. The molecule has 0 aromatic rings. The number of carbonyl (C=O) groups excluding carboxylic acids is 2. The van der Waals surface area contributed by atoms with Crippen molar-refractivity contribution in [3.63, 3.8) is 0 Å². The molecular weight excluding hydrogens is 280 g/mol. The predicted octanol–water partition coefficient (Wildman–Crippen LogP) is 3.89. The number of hydrogen-bond donors (Lipinski definition) is 0. The molecule has 1 aliphatic rings. The molecule has 0 aromatic heterocycles. The van der Waals surface area contributed by atoms with Gasteiger partial charge >= 0.3 is 11.9 Å². The van der Waals surface area contributed by atoms with Gasteiger partial charge in [0, 0.05) is 0 Å². The highest BCUT2D eigenvalue weighted by Crippen LogP contribution is 2.28. The second kappa shape index (κ2) is 10.4. The molecule has 0 heterocycles. The summed E-state index contributed by atoms with van der Waals surface area (Å²) in [5, 5.41) is 0. The topological polar surface area (TPSA) is 52.6 Å². The van der Waals surface area contributed by atoms with Crippen molar-refractivity contribution in [2.45, 2.75) is 59.3 Å². The zero-order valence-electron chi connectivity index (χ0n) is 14.2. The van der Waals surface area contributed by atoms with Crippen LogP contribution in [-0.4, -0.2) is 25.2 Å². The van der Waals surface area contributed by atoms with E-state index in [2.05, 4.69) is 13.8 Å². The van der Waals surface area contributed by atoms with E-state index in [4.69, 9.17) is 9.47 Å². The van der Waals surface area contributed by atoms with Gasteiger partial charge in [-0.25, -0.2) is 0 Å². The van der Waals surface area contributed by atoms with E-state index in [1.165, 1.54) is 0 Å². The van der Waals surface area contributed by atoms with Gasteiger partial charge in [0.25, 0.3) is 0 Å². The molecule has 0 saturated heterocycles. The molecule has 0 saturated carbocycles. The maximum atomic E-state index is 12.3. The fraction of sp³-hybridized carbons (Fsp3) is 0.778. The number of esters is 2. The van der Waals surface area contributed by atoms with Crippen molar-refractivity contribution in [1.29, 1.82) is 0 Å². The number of hydrogen-bond acceptors (Lipinski definition) is 4. The normalized spacial score (nSPS) is 22.1. The fourth-order valence-electron chi connectivity index (χ4n) is 2.79. The summed E-state index contributed by atoms with van der Waals surface area (Å²) in [6.07, 6.45) is 9.44. The van der Waals surface area contributed by atoms with Crippen LogP contribution in [0.3, 0.4) is 0 Å². The molecule has 1 aliphatic carbocycles. The van der Waals surface area contributed by atoms with Crippen LogP contribution >= 0.6 is 0 Å². The van der Waals surface area contributed by atoms with Crippen molar-refractivity contribution in [2.24, 2.45) is 17.8 Å². The van der Waals surface area contributed by atoms with Crippen molar-refractivity contribution in [1.82, 2.24) is 0 Å². The Morgan fingerprint density at radius 3 is 2.14 bits per heavy atom. The molecule has 0 N–H and O–H groups in total. The number of ether oxygens (including phenoxy) is 2. The van der Waals surface area contributed by atoms with Gasteiger partial charge in [0.1, 0.15) is 0 Å². The van der Waals surface area contributed by atoms with Crippen LogP contribution in [-0.2, 0) is 19.1 Å². The summed E-state index contributed by atoms with van der Waals surface area (Å²) in [7, 11) is 0. The summed E-state index contributed by atoms with van der Waals surface area (Å²) in [5.41, 5.74) is 0. The van der Waals surface area contributed by atoms with Gasteiger partial charge in [-0.2, -0.15) is 0 Å². The van der Waals surface area contributed by atoms with Crippen LogP contribution in [0.1, 0.15) is 59.3 Å². The Morgan fingerprint density at radius 2 is 1.64 bits per heavy atom. The number of allylic oxidation sites excluding steroid dienone is 2. The van der Waals surface area contributed by atoms with Crippen molar-refractivity contribution in [3.05, 3.63) is 12.2 Å². The van der Waals surface area contributed by atoms with E-state index in [1.54, 1.807) is 6.92 Å². The summed E-state index contributed by atoms with van der Waals surface area (Å²) in [6, 6.07) is 0. The number of rotatable bonds is 9. The van der Waals surface area contributed by atoms with Crippen LogP contribution in [0, 0.1) is 17.8 Å². The molecule has 0 fully saturated rings. The first-order valence-electron chi connectivity index (χ1n) is 8.62. The lowest BCUT2D eigenvalue weighted by molar-refractivity contribution is -0.161. The minimum absolute atomic E-state index is 0.252. The lowest BCUT2D eigenvalue weighted by Gasteiger charge is -2.26. The molecule has 1 rings (SSSR count). The van der Waals surface area contributed by atoms with Crippen molar-refractivity contribution in [2.75, 3.05) is 13.2 Å². The summed E-state index contributed by atoms with van der Waals surface area (Å²) < 4.78 is 10.6. The summed E-state index contributed by atoms with van der Waals surface area (Å²) >= 11 is 0. The minimum Gasteiger partial charge on any atom is -0.466 e. The third-order valence-electron chi connectivity index (χ3n) is 4.33. The lowest BCUT2D eigenvalue weighted by atomic mass is 9.83. The molecule has 0 aromatic carbocycles. The van der Waals surface area contributed by atoms with E-state index in [0.29, 0.717) is 32.0 Å². The summed E-state index contributed by atoms with van der Waals surface area (Å²) in [5.74, 6) is -0.908. The third-order valence-corrected chi connectivity index (χ3v) is 4.33. The molecule has 0 bridgehead atoms. The monoisotopic (exact) mass is 310 g/mol. The Bertz CT molecular complexity index is 375. The molecular formula is C18H30O4. The largest absolute Gasteiger partial charge is 0.466 e. The highest BCUT2D eigenvalue weighted by Gasteiger charge is 2.36. The SMILES string of the molecule is CCCCC(CC)COC(=O)C1CC=CCC1C(=O)OCC. The van der Waals surface area contributed by atoms with Gasteiger partial charge in [0.2, 0.25) is 0 Å². The van der Waals surface area contributed by atoms with Gasteiger partial charge in [-0.3, -0.25) is 9.59 Å². The van der Waals surface area contributed by atoms with Gasteiger partial charge < -0.3 is 9.47 Å². The zero-order valence-corrected chi connectivity index (χ0v) is 14.2. The molecule has 0 aliphatic heterocycles. The molecule has 22 heavy (non-hydrogen) atoms. The van der Waals surface area contributed by atoms with Crippen molar-refractivity contribution in [3.8, 4) is 0 Å². The van der Waals surface area contributed by atoms with Gasteiger partial charge in [0.05, 0.1) is 25.0 Å². The Balaban J connectivity index is 2.54. The maximum Gasteiger partial charge on any atom is 0.310 e. The Kier molecular flexibility index (Phi) is 8.86. The predicted molar refractivity (Wildman–Crippen MR) is 86.3 cm³/mol. The van der Waals surface area contributed by atoms with E-state index in [1.807, 2.05) is 12.2 Å². The molecule has 4 heteroatoms. The van der Waals surface area contributed by atoms with Crippen LogP contribution in [0.25, 0.3) is 0 Å². The first-order chi connectivity index (χ1) is 10.6. The van der Waals surface area contributed by atoms with Gasteiger partial charge in [-0.15, -0.1) is 0 Å². The maximum absolute atomic E-state index is 12.3. The molecule has 126 valence electrons. The van der Waals surface area contributed by atoms with Gasteiger partial charge in [-0.1, -0.05) is 45.3 Å². The van der Waals surface area contributed by atoms with E-state index in [-0.39, 0.29) is 11.9 Å². The van der Waals surface area contributed by atoms with E-state index in [0.717, 1.165) is 25.7 Å². The molecule has 3 atom stereocenters. The first-order valence-corrected chi connectivity index (χ1v) is 8.62. The summed E-state index contributed by atoms with van der Waals surface area (Å²) in [4.78, 5) is 24.3. The standard InChI is InChI=1S/C18H30O4/c1-4-7-10-14(5-2)13-22-18(20)16-12-9-8-11-15(16)17(19)21-6-3/h8-9,14-16H,4-7,10-13H2,1-3H3. The Labute approximate surface area is 134 Å². The Morgan fingerprint density at radius 1 is 1.05 bits per heavy atom. The van der Waals surface area contributed by atoms with Gasteiger partial charge in [0.15, 0.2) is 0 Å². The zero-order chi connectivity index (χ0) is 16.4. The number of carbonyl (C=O) groups is 2. The average molecular weight is 310 g/mol. The second-order valence-electron chi connectivity index (χ2n) is 5.95. The molecule has 0 radical (unpaired) electrons. The highest BCUT2D eigenvalue weighted by molar-refractivity contribution is 5.82. The van der Waals surface area contributed by atoms with Crippen LogP contribution in [0.15, 0.2) is 12.2 Å². The highest BCUT2D eigenvalue weighted by atomic mass is 16.5. The number of unbranched alkanes of at least 4 members (excludes halogenated alkanes) is 1. The molecule has 3 unspecified atom stereocenters. The average Bonchev–Trinajstić information content (AvgIpc) is 2.55. The minimum atomic E-state index is -0.396. The van der Waals surface area contributed by atoms with Crippen molar-refractivity contribution < 1.29 is 19.1 Å². The summed E-state index contributed by atoms with van der Waals surface area (Å²) in [6.45, 7) is 6.88. The Hall–Kier alpha value is -1.32. The first kappa shape index (κ1) is 18.7. The van der Waals surface area contributed by atoms with Crippen LogP contribution < -0.4 is 0 Å².